The van der Waals surface area contributed by atoms with Crippen molar-refractivity contribution in [3.8, 4) is 11.1 Å². The van der Waals surface area contributed by atoms with Gasteiger partial charge in [-0.1, -0.05) is 67.8 Å². The number of nitrogens with one attached hydrogen (secondary N) is 2. The van der Waals surface area contributed by atoms with Crippen molar-refractivity contribution in [2.24, 2.45) is 5.92 Å². The van der Waals surface area contributed by atoms with Crippen LogP contribution in [0.5, 0.6) is 0 Å². The number of rotatable bonds is 10. The van der Waals surface area contributed by atoms with Crippen LogP contribution in [-0.2, 0) is 14.3 Å². The molecular formula is C26H30N2O5. The minimum Gasteiger partial charge on any atom is -0.481 e. The van der Waals surface area contributed by atoms with Gasteiger partial charge < -0.3 is 20.5 Å². The van der Waals surface area contributed by atoms with Crippen LogP contribution in [0, 0.1) is 5.92 Å². The van der Waals surface area contributed by atoms with E-state index in [1.165, 1.54) is 19.3 Å². The van der Waals surface area contributed by atoms with Crippen LogP contribution >= 0.6 is 0 Å². The van der Waals surface area contributed by atoms with Crippen LogP contribution in [0.15, 0.2) is 48.5 Å². The average Bonchev–Trinajstić information content (AvgIpc) is 3.10. The van der Waals surface area contributed by atoms with E-state index in [9.17, 15) is 14.4 Å². The molecule has 0 aromatic heterocycles. The summed E-state index contributed by atoms with van der Waals surface area (Å²) in [6, 6.07) is 15.1. The molecule has 2 aliphatic rings. The van der Waals surface area contributed by atoms with Crippen molar-refractivity contribution in [1.82, 2.24) is 10.6 Å². The van der Waals surface area contributed by atoms with Crippen molar-refractivity contribution in [3.63, 3.8) is 0 Å². The number of fused-ring (bicyclic) bond motifs is 3. The van der Waals surface area contributed by atoms with E-state index < -0.39 is 18.1 Å². The second kappa shape index (κ2) is 10.5. The molecule has 0 aliphatic heterocycles. The van der Waals surface area contributed by atoms with Gasteiger partial charge in [0.25, 0.3) is 0 Å². The van der Waals surface area contributed by atoms with Gasteiger partial charge in [-0.3, -0.25) is 9.59 Å². The van der Waals surface area contributed by atoms with Crippen LogP contribution in [0.3, 0.4) is 0 Å². The summed E-state index contributed by atoms with van der Waals surface area (Å²) in [6.45, 7) is 0.661. The lowest BCUT2D eigenvalue weighted by Crippen LogP contribution is -2.47. The van der Waals surface area contributed by atoms with E-state index in [4.69, 9.17) is 9.84 Å². The Bertz CT molecular complexity index is 972. The van der Waals surface area contributed by atoms with Gasteiger partial charge in [0.15, 0.2) is 0 Å². The number of hydrogen-bond donors (Lipinski definition) is 3. The second-order valence-electron chi connectivity index (χ2n) is 8.83. The Kier molecular flexibility index (Phi) is 7.27. The number of ether oxygens (including phenoxy) is 1. The largest absolute Gasteiger partial charge is 0.481 e. The summed E-state index contributed by atoms with van der Waals surface area (Å²) in [5.74, 6) is -0.824. The summed E-state index contributed by atoms with van der Waals surface area (Å²) in [4.78, 5) is 36.2. The Morgan fingerprint density at radius 1 is 1.00 bits per heavy atom. The van der Waals surface area contributed by atoms with Crippen molar-refractivity contribution >= 4 is 18.0 Å². The third-order valence-electron chi connectivity index (χ3n) is 6.68. The molecule has 0 bridgehead atoms. The Morgan fingerprint density at radius 3 is 2.21 bits per heavy atom. The molecule has 0 radical (unpaired) electrons. The van der Waals surface area contributed by atoms with Gasteiger partial charge in [0, 0.05) is 18.9 Å². The Balaban J connectivity index is 1.34. The van der Waals surface area contributed by atoms with Crippen molar-refractivity contribution in [1.29, 1.82) is 0 Å². The van der Waals surface area contributed by atoms with Crippen LogP contribution in [0.1, 0.15) is 55.6 Å². The van der Waals surface area contributed by atoms with E-state index in [0.29, 0.717) is 12.5 Å². The Labute approximate surface area is 193 Å². The number of carboxylic acids is 1. The molecule has 0 heterocycles. The first-order valence-electron chi connectivity index (χ1n) is 11.6. The number of hydrogen-bond acceptors (Lipinski definition) is 4. The molecule has 0 spiro atoms. The van der Waals surface area contributed by atoms with E-state index in [1.807, 2.05) is 36.4 Å². The van der Waals surface area contributed by atoms with Gasteiger partial charge in [-0.2, -0.15) is 0 Å². The molecule has 4 rings (SSSR count). The molecule has 174 valence electrons. The predicted octanol–water partition coefficient (Wildman–Crippen LogP) is 4.06. The predicted molar refractivity (Wildman–Crippen MR) is 124 cm³/mol. The van der Waals surface area contributed by atoms with Crippen molar-refractivity contribution in [2.45, 2.75) is 50.5 Å². The Morgan fingerprint density at radius 2 is 1.64 bits per heavy atom. The number of benzene rings is 2. The molecule has 7 heteroatoms. The van der Waals surface area contributed by atoms with Gasteiger partial charge in [0.2, 0.25) is 5.91 Å². The fraction of sp³-hybridized carbons (Fsp3) is 0.423. The van der Waals surface area contributed by atoms with Crippen molar-refractivity contribution in [3.05, 3.63) is 59.7 Å². The summed E-state index contributed by atoms with van der Waals surface area (Å²) < 4.78 is 5.52. The SMILES string of the molecule is O=C(O)CCC(NC(=O)OCC1c2ccccc2-c2ccccc21)C(=O)NCCC1CCC1. The normalized spacial score (nSPS) is 15.6. The molecule has 0 saturated heterocycles. The molecular weight excluding hydrogens is 420 g/mol. The van der Waals surface area contributed by atoms with E-state index in [1.54, 1.807) is 0 Å². The van der Waals surface area contributed by atoms with Crippen molar-refractivity contribution < 1.29 is 24.2 Å². The van der Waals surface area contributed by atoms with Crippen LogP contribution in [0.25, 0.3) is 11.1 Å². The molecule has 2 amide bonds. The zero-order valence-corrected chi connectivity index (χ0v) is 18.6. The summed E-state index contributed by atoms with van der Waals surface area (Å²) in [5.41, 5.74) is 4.46. The number of carboxylic acid groups (broad SMARTS) is 1. The summed E-state index contributed by atoms with van der Waals surface area (Å²) in [5, 5.41) is 14.4. The lowest BCUT2D eigenvalue weighted by atomic mass is 9.83. The Hall–Kier alpha value is -3.35. The van der Waals surface area contributed by atoms with Gasteiger partial charge in [-0.15, -0.1) is 0 Å². The fourth-order valence-corrected chi connectivity index (χ4v) is 4.62. The molecule has 33 heavy (non-hydrogen) atoms. The van der Waals surface area contributed by atoms with Gasteiger partial charge in [-0.05, 0) is 41.0 Å². The molecule has 1 atom stereocenters. The van der Waals surface area contributed by atoms with Gasteiger partial charge in [0.05, 0.1) is 0 Å². The highest BCUT2D eigenvalue weighted by Crippen LogP contribution is 2.44. The molecule has 1 unspecified atom stereocenters. The van der Waals surface area contributed by atoms with Gasteiger partial charge >= 0.3 is 12.1 Å². The monoisotopic (exact) mass is 450 g/mol. The smallest absolute Gasteiger partial charge is 0.407 e. The van der Waals surface area contributed by atoms with E-state index in [2.05, 4.69) is 22.8 Å². The maximum atomic E-state index is 12.6. The fourth-order valence-electron chi connectivity index (χ4n) is 4.62. The van der Waals surface area contributed by atoms with Crippen molar-refractivity contribution in [2.75, 3.05) is 13.2 Å². The average molecular weight is 451 g/mol. The van der Waals surface area contributed by atoms with Gasteiger partial charge in [-0.25, -0.2) is 4.79 Å². The molecule has 3 N–H and O–H groups in total. The third-order valence-corrected chi connectivity index (χ3v) is 6.68. The number of amides is 2. The molecule has 1 fully saturated rings. The van der Waals surface area contributed by atoms with E-state index >= 15 is 0 Å². The molecule has 1 saturated carbocycles. The van der Waals surface area contributed by atoms with E-state index in [-0.39, 0.29) is 31.3 Å². The highest BCUT2D eigenvalue weighted by molar-refractivity contribution is 5.86. The first kappa shape index (κ1) is 22.8. The number of alkyl carbamates (subject to hydrolysis) is 1. The maximum Gasteiger partial charge on any atom is 0.407 e. The summed E-state index contributed by atoms with van der Waals surface area (Å²) in [7, 11) is 0. The zero-order chi connectivity index (χ0) is 23.2. The topological polar surface area (TPSA) is 105 Å². The second-order valence-corrected chi connectivity index (χ2v) is 8.83. The van der Waals surface area contributed by atoms with Crippen LogP contribution in [0.2, 0.25) is 0 Å². The molecule has 2 aromatic rings. The third kappa shape index (κ3) is 5.53. The summed E-state index contributed by atoms with van der Waals surface area (Å²) in [6.07, 6.45) is 3.60. The maximum absolute atomic E-state index is 12.6. The molecule has 2 aliphatic carbocycles. The number of carbonyl (C=O) groups excluding carboxylic acids is 2. The standard InChI is InChI=1S/C26H30N2O5/c29-24(30)13-12-23(25(31)27-15-14-17-6-5-7-17)28-26(32)33-16-22-20-10-3-1-8-18(20)19-9-2-4-11-21(19)22/h1-4,8-11,17,22-23H,5-7,12-16H2,(H,27,31)(H,28,32)(H,29,30). The first-order valence-corrected chi connectivity index (χ1v) is 11.6. The minimum absolute atomic E-state index is 0.00872. The highest BCUT2D eigenvalue weighted by atomic mass is 16.5. The molecule has 7 nitrogen and oxygen atoms in total. The zero-order valence-electron chi connectivity index (χ0n) is 18.6. The first-order chi connectivity index (χ1) is 16.0. The van der Waals surface area contributed by atoms with Crippen LogP contribution < -0.4 is 10.6 Å². The summed E-state index contributed by atoms with van der Waals surface area (Å²) >= 11 is 0. The number of carbonyl (C=O) groups is 3. The number of aliphatic carboxylic acids is 1. The highest BCUT2D eigenvalue weighted by Gasteiger charge is 2.30. The lowest BCUT2D eigenvalue weighted by molar-refractivity contribution is -0.137. The lowest BCUT2D eigenvalue weighted by Gasteiger charge is -2.25. The van der Waals surface area contributed by atoms with Crippen LogP contribution in [0.4, 0.5) is 4.79 Å². The van der Waals surface area contributed by atoms with E-state index in [0.717, 1.165) is 28.7 Å². The minimum atomic E-state index is -1.02. The van der Waals surface area contributed by atoms with Crippen LogP contribution in [-0.4, -0.2) is 42.3 Å². The molecule has 2 aromatic carbocycles. The quantitative estimate of drug-likeness (QED) is 0.506. The van der Waals surface area contributed by atoms with Gasteiger partial charge in [0.1, 0.15) is 12.6 Å².